The van der Waals surface area contributed by atoms with E-state index in [1.165, 1.54) is 4.90 Å². The van der Waals surface area contributed by atoms with Crippen LogP contribution in [0, 0.1) is 6.92 Å². The van der Waals surface area contributed by atoms with E-state index in [0.717, 1.165) is 17.0 Å². The van der Waals surface area contributed by atoms with Crippen molar-refractivity contribution in [3.8, 4) is 11.3 Å². The average Bonchev–Trinajstić information content (AvgIpc) is 2.71. The summed E-state index contributed by atoms with van der Waals surface area (Å²) < 4.78 is 5.64. The van der Waals surface area contributed by atoms with Crippen LogP contribution in [0.15, 0.2) is 33.6 Å². The van der Waals surface area contributed by atoms with E-state index in [4.69, 9.17) is 4.42 Å². The standard InChI is InChI=1S/C14H18N2OS/c1-9(2)18-12-7-5-11(6-8-12)13-10(3)16-14(15-4)17-13/h5-9H,1-4H3,(H,15,16). The normalized spacial score (nSPS) is 10.9. The van der Waals surface area contributed by atoms with Gasteiger partial charge in [0.25, 0.3) is 6.01 Å². The van der Waals surface area contributed by atoms with Gasteiger partial charge < -0.3 is 9.73 Å². The van der Waals surface area contributed by atoms with E-state index in [2.05, 4.69) is 48.4 Å². The molecule has 0 atom stereocenters. The second kappa shape index (κ2) is 5.48. The van der Waals surface area contributed by atoms with Crippen LogP contribution >= 0.6 is 11.8 Å². The van der Waals surface area contributed by atoms with Gasteiger partial charge in [0.15, 0.2) is 5.76 Å². The molecule has 0 unspecified atom stereocenters. The third-order valence-electron chi connectivity index (χ3n) is 2.50. The van der Waals surface area contributed by atoms with E-state index in [-0.39, 0.29) is 0 Å². The molecule has 0 fully saturated rings. The molecule has 2 rings (SSSR count). The van der Waals surface area contributed by atoms with Crippen LogP contribution in [0.4, 0.5) is 6.01 Å². The van der Waals surface area contributed by atoms with Crippen LogP contribution < -0.4 is 5.32 Å². The first-order chi connectivity index (χ1) is 8.60. The van der Waals surface area contributed by atoms with E-state index in [1.807, 2.05) is 18.7 Å². The highest BCUT2D eigenvalue weighted by molar-refractivity contribution is 7.99. The lowest BCUT2D eigenvalue weighted by Crippen LogP contribution is -1.86. The number of aromatic nitrogens is 1. The van der Waals surface area contributed by atoms with Crippen molar-refractivity contribution in [1.29, 1.82) is 0 Å². The monoisotopic (exact) mass is 262 g/mol. The van der Waals surface area contributed by atoms with Gasteiger partial charge >= 0.3 is 0 Å². The van der Waals surface area contributed by atoms with Gasteiger partial charge in [0.05, 0.1) is 5.69 Å². The SMILES string of the molecule is CNc1nc(C)c(-c2ccc(SC(C)C)cc2)o1. The topological polar surface area (TPSA) is 38.1 Å². The molecular weight excluding hydrogens is 244 g/mol. The minimum absolute atomic E-state index is 0.558. The molecule has 0 radical (unpaired) electrons. The van der Waals surface area contributed by atoms with E-state index in [1.54, 1.807) is 7.05 Å². The highest BCUT2D eigenvalue weighted by atomic mass is 32.2. The van der Waals surface area contributed by atoms with Gasteiger partial charge in [-0.15, -0.1) is 11.8 Å². The highest BCUT2D eigenvalue weighted by Gasteiger charge is 2.10. The Kier molecular flexibility index (Phi) is 3.97. The van der Waals surface area contributed by atoms with Crippen LogP contribution in [-0.4, -0.2) is 17.3 Å². The number of rotatable bonds is 4. The quantitative estimate of drug-likeness (QED) is 0.838. The van der Waals surface area contributed by atoms with Crippen molar-refractivity contribution in [2.24, 2.45) is 0 Å². The number of hydrogen-bond donors (Lipinski definition) is 1. The Balaban J connectivity index is 2.25. The zero-order chi connectivity index (χ0) is 13.1. The van der Waals surface area contributed by atoms with Crippen molar-refractivity contribution in [3.63, 3.8) is 0 Å². The molecule has 0 aliphatic carbocycles. The molecule has 1 aromatic carbocycles. The Morgan fingerprint density at radius 1 is 1.22 bits per heavy atom. The van der Waals surface area contributed by atoms with E-state index in [9.17, 15) is 0 Å². The molecule has 4 heteroatoms. The summed E-state index contributed by atoms with van der Waals surface area (Å²) in [5.41, 5.74) is 1.97. The largest absolute Gasteiger partial charge is 0.423 e. The molecule has 1 heterocycles. The minimum atomic E-state index is 0.558. The molecular formula is C14H18N2OS. The molecule has 0 saturated heterocycles. The molecule has 0 saturated carbocycles. The summed E-state index contributed by atoms with van der Waals surface area (Å²) in [7, 11) is 1.80. The first kappa shape index (κ1) is 13.0. The summed E-state index contributed by atoms with van der Waals surface area (Å²) in [6.07, 6.45) is 0. The van der Waals surface area contributed by atoms with Crippen molar-refractivity contribution in [2.75, 3.05) is 12.4 Å². The van der Waals surface area contributed by atoms with Crippen LogP contribution in [0.25, 0.3) is 11.3 Å². The lowest BCUT2D eigenvalue weighted by Gasteiger charge is -2.05. The fourth-order valence-corrected chi connectivity index (χ4v) is 2.57. The number of nitrogens with one attached hydrogen (secondary N) is 1. The van der Waals surface area contributed by atoms with E-state index >= 15 is 0 Å². The summed E-state index contributed by atoms with van der Waals surface area (Å²) in [6, 6.07) is 8.97. The maximum absolute atomic E-state index is 5.64. The second-order valence-corrected chi connectivity index (χ2v) is 6.02. The smallest absolute Gasteiger partial charge is 0.295 e. The van der Waals surface area contributed by atoms with Gasteiger partial charge in [-0.3, -0.25) is 0 Å². The molecule has 0 aliphatic heterocycles. The van der Waals surface area contributed by atoms with Gasteiger partial charge in [-0.25, -0.2) is 0 Å². The molecule has 0 aliphatic rings. The Morgan fingerprint density at radius 2 is 1.89 bits per heavy atom. The highest BCUT2D eigenvalue weighted by Crippen LogP contribution is 2.29. The third-order valence-corrected chi connectivity index (χ3v) is 3.51. The van der Waals surface area contributed by atoms with Gasteiger partial charge in [0.1, 0.15) is 0 Å². The molecule has 1 N–H and O–H groups in total. The molecule has 0 spiro atoms. The van der Waals surface area contributed by atoms with Crippen LogP contribution in [0.2, 0.25) is 0 Å². The van der Waals surface area contributed by atoms with E-state index < -0.39 is 0 Å². The first-order valence-electron chi connectivity index (χ1n) is 6.02. The van der Waals surface area contributed by atoms with E-state index in [0.29, 0.717) is 11.3 Å². The van der Waals surface area contributed by atoms with Gasteiger partial charge in [-0.1, -0.05) is 26.0 Å². The van der Waals surface area contributed by atoms with Crippen molar-refractivity contribution in [2.45, 2.75) is 30.9 Å². The van der Waals surface area contributed by atoms with Crippen LogP contribution in [-0.2, 0) is 0 Å². The molecule has 3 nitrogen and oxygen atoms in total. The van der Waals surface area contributed by atoms with Crippen LogP contribution in [0.5, 0.6) is 0 Å². The summed E-state index contributed by atoms with van der Waals surface area (Å²) in [6.45, 7) is 6.34. The number of anilines is 1. The Morgan fingerprint density at radius 3 is 2.39 bits per heavy atom. The van der Waals surface area contributed by atoms with Gasteiger partial charge in [0, 0.05) is 22.8 Å². The summed E-state index contributed by atoms with van der Waals surface area (Å²) in [5, 5.41) is 3.51. The fourth-order valence-electron chi connectivity index (χ4n) is 1.73. The zero-order valence-corrected chi connectivity index (χ0v) is 12.0. The second-order valence-electron chi connectivity index (χ2n) is 4.37. The Labute approximate surface area is 112 Å². The van der Waals surface area contributed by atoms with Crippen molar-refractivity contribution in [1.82, 2.24) is 4.98 Å². The summed E-state index contributed by atoms with van der Waals surface area (Å²) in [4.78, 5) is 5.57. The molecule has 1 aromatic heterocycles. The minimum Gasteiger partial charge on any atom is -0.423 e. The zero-order valence-electron chi connectivity index (χ0n) is 11.2. The number of oxazole rings is 1. The van der Waals surface area contributed by atoms with Gasteiger partial charge in [-0.05, 0) is 19.1 Å². The Bertz CT molecular complexity index is 517. The maximum atomic E-state index is 5.64. The molecule has 18 heavy (non-hydrogen) atoms. The maximum Gasteiger partial charge on any atom is 0.295 e. The summed E-state index contributed by atoms with van der Waals surface area (Å²) >= 11 is 1.86. The number of benzene rings is 1. The van der Waals surface area contributed by atoms with Crippen LogP contribution in [0.3, 0.4) is 0 Å². The van der Waals surface area contributed by atoms with Gasteiger partial charge in [0.2, 0.25) is 0 Å². The van der Waals surface area contributed by atoms with Crippen LogP contribution in [0.1, 0.15) is 19.5 Å². The summed E-state index contributed by atoms with van der Waals surface area (Å²) in [5.74, 6) is 0.834. The number of nitrogens with zero attached hydrogens (tertiary/aromatic N) is 1. The van der Waals surface area contributed by atoms with Crippen molar-refractivity contribution in [3.05, 3.63) is 30.0 Å². The average molecular weight is 262 g/mol. The number of thioether (sulfide) groups is 1. The fraction of sp³-hybridized carbons (Fsp3) is 0.357. The lowest BCUT2D eigenvalue weighted by atomic mass is 10.1. The predicted molar refractivity (Wildman–Crippen MR) is 77.2 cm³/mol. The predicted octanol–water partition coefficient (Wildman–Crippen LogP) is 4.19. The number of aryl methyl sites for hydroxylation is 1. The molecule has 2 aromatic rings. The first-order valence-corrected chi connectivity index (χ1v) is 6.90. The lowest BCUT2D eigenvalue weighted by molar-refractivity contribution is 0.589. The molecule has 0 bridgehead atoms. The Hall–Kier alpha value is -1.42. The molecule has 0 amide bonds. The van der Waals surface area contributed by atoms with Crippen molar-refractivity contribution < 1.29 is 4.42 Å². The number of hydrogen-bond acceptors (Lipinski definition) is 4. The third kappa shape index (κ3) is 2.88. The van der Waals surface area contributed by atoms with Gasteiger partial charge in [-0.2, -0.15) is 4.98 Å². The molecule has 96 valence electrons. The van der Waals surface area contributed by atoms with Crippen molar-refractivity contribution >= 4 is 17.8 Å².